The molecule has 5 nitrogen and oxygen atoms in total. The van der Waals surface area contributed by atoms with Crippen LogP contribution in [0.3, 0.4) is 0 Å². The molecule has 0 bridgehead atoms. The molecule has 0 radical (unpaired) electrons. The molecule has 2 aromatic carbocycles. The van der Waals surface area contributed by atoms with Crippen LogP contribution in [0.1, 0.15) is 42.5 Å². The molecular formula is C26H32FN3O2. The number of nitrogens with one attached hydrogen (secondary N) is 2. The van der Waals surface area contributed by atoms with E-state index in [-0.39, 0.29) is 17.4 Å². The van der Waals surface area contributed by atoms with Crippen LogP contribution in [0.5, 0.6) is 0 Å². The summed E-state index contributed by atoms with van der Waals surface area (Å²) in [6.45, 7) is 5.49. The number of hydrogen-bond acceptors (Lipinski definition) is 4. The Bertz CT molecular complexity index is 1090. The Morgan fingerprint density at radius 2 is 1.84 bits per heavy atom. The molecule has 0 amide bonds. The summed E-state index contributed by atoms with van der Waals surface area (Å²) in [5, 5.41) is 4.61. The van der Waals surface area contributed by atoms with E-state index in [0.29, 0.717) is 12.5 Å². The molecule has 170 valence electrons. The third kappa shape index (κ3) is 5.09. The fourth-order valence-electron chi connectivity index (χ4n) is 4.69. The van der Waals surface area contributed by atoms with Crippen LogP contribution in [0.2, 0.25) is 0 Å². The van der Waals surface area contributed by atoms with Gasteiger partial charge in [-0.15, -0.1) is 0 Å². The first kappa shape index (κ1) is 22.6. The van der Waals surface area contributed by atoms with Gasteiger partial charge in [-0.1, -0.05) is 25.1 Å². The molecule has 3 aromatic rings. The van der Waals surface area contributed by atoms with E-state index in [0.717, 1.165) is 66.7 Å². The molecule has 4 rings (SSSR count). The molecular weight excluding hydrogens is 405 g/mol. The van der Waals surface area contributed by atoms with Crippen LogP contribution in [-0.2, 0) is 11.2 Å². The van der Waals surface area contributed by atoms with Gasteiger partial charge in [0.1, 0.15) is 5.82 Å². The first-order chi connectivity index (χ1) is 15.6. The number of aromatic amines is 1. The van der Waals surface area contributed by atoms with Gasteiger partial charge in [0.15, 0.2) is 0 Å². The molecule has 1 saturated heterocycles. The number of piperidine rings is 1. The topological polar surface area (TPSA) is 57.4 Å². The number of pyridine rings is 1. The van der Waals surface area contributed by atoms with E-state index in [1.54, 1.807) is 7.11 Å². The van der Waals surface area contributed by atoms with Gasteiger partial charge in [-0.3, -0.25) is 9.69 Å². The highest BCUT2D eigenvalue weighted by atomic mass is 19.1. The summed E-state index contributed by atoms with van der Waals surface area (Å²) in [4.78, 5) is 17.7. The first-order valence-corrected chi connectivity index (χ1v) is 11.5. The number of nitrogens with zero attached hydrogens (tertiary/aromatic N) is 1. The fourth-order valence-corrected chi connectivity index (χ4v) is 4.69. The number of hydrogen-bond donors (Lipinski definition) is 2. The average molecular weight is 438 g/mol. The van der Waals surface area contributed by atoms with Crippen molar-refractivity contribution in [3.8, 4) is 0 Å². The van der Waals surface area contributed by atoms with E-state index >= 15 is 0 Å². The minimum atomic E-state index is -0.225. The highest BCUT2D eigenvalue weighted by Crippen LogP contribution is 2.33. The molecule has 2 heterocycles. The summed E-state index contributed by atoms with van der Waals surface area (Å²) >= 11 is 0. The second-order valence-corrected chi connectivity index (χ2v) is 8.54. The third-order valence-electron chi connectivity index (χ3n) is 6.46. The van der Waals surface area contributed by atoms with Crippen molar-refractivity contribution < 1.29 is 9.13 Å². The quantitative estimate of drug-likeness (QED) is 0.523. The van der Waals surface area contributed by atoms with Crippen molar-refractivity contribution >= 4 is 10.9 Å². The zero-order chi connectivity index (χ0) is 22.5. The molecule has 1 atom stereocenters. The molecule has 1 aromatic heterocycles. The molecule has 6 heteroatoms. The number of likely N-dealkylation sites (tertiary alicyclic amines) is 1. The lowest BCUT2D eigenvalue weighted by atomic mass is 9.92. The summed E-state index contributed by atoms with van der Waals surface area (Å²) in [6, 6.07) is 15.6. The molecule has 32 heavy (non-hydrogen) atoms. The van der Waals surface area contributed by atoms with Crippen molar-refractivity contribution in [1.29, 1.82) is 0 Å². The minimum absolute atomic E-state index is 0.0223. The van der Waals surface area contributed by atoms with Crippen molar-refractivity contribution in [2.24, 2.45) is 0 Å². The number of rotatable bonds is 8. The zero-order valence-corrected chi connectivity index (χ0v) is 18.9. The lowest BCUT2D eigenvalue weighted by Gasteiger charge is -2.38. The highest BCUT2D eigenvalue weighted by Gasteiger charge is 2.27. The van der Waals surface area contributed by atoms with Crippen molar-refractivity contribution in [1.82, 2.24) is 15.2 Å². The fraction of sp³-hybridized carbons (Fsp3) is 0.423. The van der Waals surface area contributed by atoms with E-state index in [2.05, 4.69) is 27.3 Å². The Morgan fingerprint density at radius 1 is 1.12 bits per heavy atom. The van der Waals surface area contributed by atoms with Crippen LogP contribution in [0.25, 0.3) is 10.9 Å². The summed E-state index contributed by atoms with van der Waals surface area (Å²) < 4.78 is 18.8. The molecule has 0 saturated carbocycles. The van der Waals surface area contributed by atoms with E-state index < -0.39 is 0 Å². The van der Waals surface area contributed by atoms with Gasteiger partial charge in [0.2, 0.25) is 0 Å². The van der Waals surface area contributed by atoms with Crippen LogP contribution in [0, 0.1) is 5.82 Å². The van der Waals surface area contributed by atoms with Crippen molar-refractivity contribution in [2.75, 3.05) is 33.4 Å². The van der Waals surface area contributed by atoms with Crippen molar-refractivity contribution in [3.63, 3.8) is 0 Å². The molecule has 2 N–H and O–H groups in total. The van der Waals surface area contributed by atoms with E-state index in [1.165, 1.54) is 12.1 Å². The van der Waals surface area contributed by atoms with Crippen LogP contribution in [0.4, 0.5) is 4.39 Å². The first-order valence-electron chi connectivity index (χ1n) is 11.5. The van der Waals surface area contributed by atoms with E-state index in [9.17, 15) is 9.18 Å². The highest BCUT2D eigenvalue weighted by molar-refractivity contribution is 5.80. The maximum Gasteiger partial charge on any atom is 0.251 e. The Kier molecular flexibility index (Phi) is 7.35. The van der Waals surface area contributed by atoms with Gasteiger partial charge in [-0.25, -0.2) is 4.39 Å². The number of aryl methyl sites for hydroxylation is 1. The van der Waals surface area contributed by atoms with Gasteiger partial charge < -0.3 is 15.0 Å². The maximum atomic E-state index is 13.7. The SMILES string of the molecule is CCc1cc2cc(C(c3ccc(F)cc3)N3CCC(NCCOC)CC3)ccc2[nH]c1=O. The van der Waals surface area contributed by atoms with Crippen LogP contribution >= 0.6 is 0 Å². The van der Waals surface area contributed by atoms with Gasteiger partial charge in [0.05, 0.1) is 12.6 Å². The molecule has 1 fully saturated rings. The average Bonchev–Trinajstić information content (AvgIpc) is 2.81. The molecule has 1 aliphatic rings. The van der Waals surface area contributed by atoms with Gasteiger partial charge in [-0.05, 0) is 66.1 Å². The van der Waals surface area contributed by atoms with Gasteiger partial charge >= 0.3 is 0 Å². The monoisotopic (exact) mass is 437 g/mol. The van der Waals surface area contributed by atoms with Gasteiger partial charge in [-0.2, -0.15) is 0 Å². The summed E-state index contributed by atoms with van der Waals surface area (Å²) in [6.07, 6.45) is 2.81. The van der Waals surface area contributed by atoms with E-state index in [4.69, 9.17) is 4.74 Å². The summed E-state index contributed by atoms with van der Waals surface area (Å²) in [5.74, 6) is -0.225. The number of benzene rings is 2. The summed E-state index contributed by atoms with van der Waals surface area (Å²) in [5.41, 5.74) is 3.84. The predicted molar refractivity (Wildman–Crippen MR) is 127 cm³/mol. The van der Waals surface area contributed by atoms with Crippen molar-refractivity contribution in [3.05, 3.63) is 81.4 Å². The largest absolute Gasteiger partial charge is 0.383 e. The van der Waals surface area contributed by atoms with E-state index in [1.807, 2.05) is 31.2 Å². The lowest BCUT2D eigenvalue weighted by Crippen LogP contribution is -2.44. The normalized spacial score (nSPS) is 16.5. The van der Waals surface area contributed by atoms with Gasteiger partial charge in [0.25, 0.3) is 5.56 Å². The molecule has 0 aliphatic carbocycles. The zero-order valence-electron chi connectivity index (χ0n) is 18.9. The maximum absolute atomic E-state index is 13.7. The lowest BCUT2D eigenvalue weighted by molar-refractivity contribution is 0.152. The Labute approximate surface area is 188 Å². The number of methoxy groups -OCH3 is 1. The Morgan fingerprint density at radius 3 is 2.53 bits per heavy atom. The second kappa shape index (κ2) is 10.4. The van der Waals surface area contributed by atoms with Crippen molar-refractivity contribution in [2.45, 2.75) is 38.3 Å². The van der Waals surface area contributed by atoms with Gasteiger partial charge in [0, 0.05) is 43.9 Å². The minimum Gasteiger partial charge on any atom is -0.383 e. The Hall–Kier alpha value is -2.54. The van der Waals surface area contributed by atoms with Crippen LogP contribution in [-0.4, -0.2) is 49.3 Å². The predicted octanol–water partition coefficient (Wildman–Crippen LogP) is 4.02. The number of halogens is 1. The number of ether oxygens (including phenoxy) is 1. The van der Waals surface area contributed by atoms with Crippen LogP contribution in [0.15, 0.2) is 53.3 Å². The number of aromatic nitrogens is 1. The smallest absolute Gasteiger partial charge is 0.251 e. The van der Waals surface area contributed by atoms with Crippen LogP contribution < -0.4 is 10.9 Å². The number of fused-ring (bicyclic) bond motifs is 1. The molecule has 0 spiro atoms. The molecule has 1 unspecified atom stereocenters. The third-order valence-corrected chi connectivity index (χ3v) is 6.46. The Balaban J connectivity index is 1.64. The number of H-pyrrole nitrogens is 1. The second-order valence-electron chi connectivity index (χ2n) is 8.54. The molecule has 1 aliphatic heterocycles. The summed E-state index contributed by atoms with van der Waals surface area (Å²) in [7, 11) is 1.72. The standard InChI is InChI=1S/C26H32FN3O2/c1-3-18-16-21-17-20(6-9-24(21)29-26(18)31)25(19-4-7-22(27)8-5-19)30-13-10-23(11-14-30)28-12-15-32-2/h4-9,16-17,23,25,28H,3,10-15H2,1-2H3,(H,29,31).